The zero-order chi connectivity index (χ0) is 14.0. The van der Waals surface area contributed by atoms with Crippen molar-refractivity contribution in [3.8, 4) is 11.5 Å². The van der Waals surface area contributed by atoms with Gasteiger partial charge in [-0.2, -0.15) is 0 Å². The third kappa shape index (κ3) is 3.15. The molecule has 0 aliphatic rings. The molecule has 19 heavy (non-hydrogen) atoms. The Morgan fingerprint density at radius 2 is 2.05 bits per heavy atom. The first kappa shape index (κ1) is 13.6. The quantitative estimate of drug-likeness (QED) is 0.578. The molecular formula is C12H8BrClN2O3. The number of amides is 1. The van der Waals surface area contributed by atoms with E-state index in [2.05, 4.69) is 26.2 Å². The molecule has 0 bridgehead atoms. The van der Waals surface area contributed by atoms with Gasteiger partial charge in [-0.15, -0.1) is 0 Å². The third-order valence-corrected chi connectivity index (χ3v) is 3.01. The third-order valence-electron chi connectivity index (χ3n) is 2.28. The molecular weight excluding hydrogens is 336 g/mol. The van der Waals surface area contributed by atoms with Gasteiger partial charge in [-0.05, 0) is 40.2 Å². The molecule has 7 heteroatoms. The minimum Gasteiger partial charge on any atom is -0.508 e. The molecule has 5 nitrogen and oxygen atoms in total. The average Bonchev–Trinajstić information content (AvgIpc) is 2.36. The second kappa shape index (κ2) is 5.46. The number of benzene rings is 1. The minimum absolute atomic E-state index is 0.0592. The summed E-state index contributed by atoms with van der Waals surface area (Å²) in [6.07, 6.45) is 1.49. The van der Waals surface area contributed by atoms with Crippen LogP contribution in [-0.2, 0) is 0 Å². The number of rotatable bonds is 2. The van der Waals surface area contributed by atoms with Crippen LogP contribution in [0, 0.1) is 0 Å². The first-order valence-corrected chi connectivity index (χ1v) is 6.29. The zero-order valence-corrected chi connectivity index (χ0v) is 11.7. The van der Waals surface area contributed by atoms with E-state index < -0.39 is 5.91 Å². The Balaban J connectivity index is 2.30. The summed E-state index contributed by atoms with van der Waals surface area (Å²) in [6, 6.07) is 5.24. The predicted octanol–water partition coefficient (Wildman–Crippen LogP) is 3.16. The van der Waals surface area contributed by atoms with Crippen molar-refractivity contribution in [1.82, 2.24) is 4.98 Å². The van der Waals surface area contributed by atoms with Crippen LogP contribution in [0.3, 0.4) is 0 Å². The Bertz CT molecular complexity index is 649. The molecule has 0 fully saturated rings. The van der Waals surface area contributed by atoms with Crippen LogP contribution in [0.2, 0.25) is 5.15 Å². The number of halogens is 2. The van der Waals surface area contributed by atoms with Crippen LogP contribution in [0.15, 0.2) is 34.9 Å². The molecule has 0 radical (unpaired) electrons. The highest BCUT2D eigenvalue weighted by Crippen LogP contribution is 2.26. The van der Waals surface area contributed by atoms with Crippen molar-refractivity contribution in [2.45, 2.75) is 0 Å². The lowest BCUT2D eigenvalue weighted by molar-refractivity contribution is 0.102. The van der Waals surface area contributed by atoms with E-state index in [1.165, 1.54) is 18.3 Å². The number of anilines is 1. The number of hydrogen-bond acceptors (Lipinski definition) is 4. The standard InChI is InChI=1S/C12H8BrClN2O3/c13-6-3-9(11(14)15-5-6)16-12(19)8-4-7(17)1-2-10(8)18/h1-5,17-18H,(H,16,19). The molecule has 0 atom stereocenters. The maximum Gasteiger partial charge on any atom is 0.259 e. The van der Waals surface area contributed by atoms with Gasteiger partial charge < -0.3 is 15.5 Å². The van der Waals surface area contributed by atoms with Crippen molar-refractivity contribution in [3.63, 3.8) is 0 Å². The molecule has 1 aromatic carbocycles. The second-order valence-corrected chi connectivity index (χ2v) is 4.92. The van der Waals surface area contributed by atoms with Crippen molar-refractivity contribution >= 4 is 39.1 Å². The van der Waals surface area contributed by atoms with E-state index in [-0.39, 0.29) is 22.2 Å². The Morgan fingerprint density at radius 3 is 2.79 bits per heavy atom. The maximum absolute atomic E-state index is 12.0. The fourth-order valence-corrected chi connectivity index (χ4v) is 1.89. The Kier molecular flexibility index (Phi) is 3.92. The van der Waals surface area contributed by atoms with E-state index in [9.17, 15) is 15.0 Å². The van der Waals surface area contributed by atoms with Crippen LogP contribution in [0.25, 0.3) is 0 Å². The van der Waals surface area contributed by atoms with E-state index >= 15 is 0 Å². The molecule has 0 aliphatic heterocycles. The molecule has 1 aromatic heterocycles. The first-order valence-electron chi connectivity index (χ1n) is 5.12. The number of nitrogens with one attached hydrogen (secondary N) is 1. The summed E-state index contributed by atoms with van der Waals surface area (Å²) in [5, 5.41) is 21.5. The normalized spacial score (nSPS) is 10.2. The summed E-state index contributed by atoms with van der Waals surface area (Å²) < 4.78 is 0.646. The highest BCUT2D eigenvalue weighted by molar-refractivity contribution is 9.10. The number of carbonyl (C=O) groups is 1. The van der Waals surface area contributed by atoms with Crippen molar-refractivity contribution < 1.29 is 15.0 Å². The summed E-state index contributed by atoms with van der Waals surface area (Å²) in [7, 11) is 0. The molecule has 2 rings (SSSR count). The van der Waals surface area contributed by atoms with E-state index in [0.29, 0.717) is 10.2 Å². The topological polar surface area (TPSA) is 82.5 Å². The predicted molar refractivity (Wildman–Crippen MR) is 74.7 cm³/mol. The lowest BCUT2D eigenvalue weighted by Crippen LogP contribution is -2.12. The van der Waals surface area contributed by atoms with Gasteiger partial charge in [-0.1, -0.05) is 11.6 Å². The summed E-state index contributed by atoms with van der Waals surface area (Å²) in [6.45, 7) is 0. The molecule has 0 saturated carbocycles. The lowest BCUT2D eigenvalue weighted by Gasteiger charge is -2.08. The molecule has 1 heterocycles. The number of carbonyl (C=O) groups excluding carboxylic acids is 1. The Morgan fingerprint density at radius 1 is 1.32 bits per heavy atom. The molecule has 98 valence electrons. The second-order valence-electron chi connectivity index (χ2n) is 3.65. The molecule has 1 amide bonds. The fraction of sp³-hybridized carbons (Fsp3) is 0. The fourth-order valence-electron chi connectivity index (χ4n) is 1.41. The zero-order valence-electron chi connectivity index (χ0n) is 9.39. The Hall–Kier alpha value is -1.79. The van der Waals surface area contributed by atoms with E-state index in [4.69, 9.17) is 11.6 Å². The summed E-state index contributed by atoms with van der Waals surface area (Å²) >= 11 is 9.05. The molecule has 0 saturated heterocycles. The SMILES string of the molecule is O=C(Nc1cc(Br)cnc1Cl)c1cc(O)ccc1O. The number of nitrogens with zero attached hydrogens (tertiary/aromatic N) is 1. The van der Waals surface area contributed by atoms with Gasteiger partial charge in [-0.3, -0.25) is 4.79 Å². The smallest absolute Gasteiger partial charge is 0.259 e. The number of phenols is 2. The van der Waals surface area contributed by atoms with Crippen molar-refractivity contribution in [1.29, 1.82) is 0 Å². The molecule has 0 aliphatic carbocycles. The van der Waals surface area contributed by atoms with Crippen molar-refractivity contribution in [2.24, 2.45) is 0 Å². The first-order chi connectivity index (χ1) is 8.97. The van der Waals surface area contributed by atoms with E-state index in [0.717, 1.165) is 6.07 Å². The number of pyridine rings is 1. The molecule has 0 unspecified atom stereocenters. The lowest BCUT2D eigenvalue weighted by atomic mass is 10.1. The summed E-state index contributed by atoms with van der Waals surface area (Å²) in [4.78, 5) is 15.8. The summed E-state index contributed by atoms with van der Waals surface area (Å²) in [5.74, 6) is -0.967. The summed E-state index contributed by atoms with van der Waals surface area (Å²) in [5.41, 5.74) is 0.236. The number of aromatic nitrogens is 1. The van der Waals surface area contributed by atoms with Crippen LogP contribution in [0.4, 0.5) is 5.69 Å². The average molecular weight is 344 g/mol. The van der Waals surface area contributed by atoms with Crippen LogP contribution >= 0.6 is 27.5 Å². The maximum atomic E-state index is 12.0. The van der Waals surface area contributed by atoms with Crippen LogP contribution in [0.1, 0.15) is 10.4 Å². The van der Waals surface area contributed by atoms with Gasteiger partial charge in [0.05, 0.1) is 11.3 Å². The number of phenolic OH excluding ortho intramolecular Hbond substituents is 2. The highest BCUT2D eigenvalue weighted by Gasteiger charge is 2.14. The van der Waals surface area contributed by atoms with Crippen LogP contribution in [0.5, 0.6) is 11.5 Å². The minimum atomic E-state index is -0.602. The van der Waals surface area contributed by atoms with E-state index in [1.54, 1.807) is 6.07 Å². The van der Waals surface area contributed by atoms with Gasteiger partial charge in [0, 0.05) is 10.7 Å². The van der Waals surface area contributed by atoms with E-state index in [1.807, 2.05) is 0 Å². The van der Waals surface area contributed by atoms with Gasteiger partial charge >= 0.3 is 0 Å². The van der Waals surface area contributed by atoms with Crippen LogP contribution in [-0.4, -0.2) is 21.1 Å². The molecule has 3 N–H and O–H groups in total. The van der Waals surface area contributed by atoms with Gasteiger partial charge in [0.15, 0.2) is 5.15 Å². The molecule has 0 spiro atoms. The van der Waals surface area contributed by atoms with Gasteiger partial charge in [-0.25, -0.2) is 4.98 Å². The Labute approximate surface area is 122 Å². The highest BCUT2D eigenvalue weighted by atomic mass is 79.9. The van der Waals surface area contributed by atoms with Gasteiger partial charge in [0.25, 0.3) is 5.91 Å². The molecule has 2 aromatic rings. The van der Waals surface area contributed by atoms with Gasteiger partial charge in [0.1, 0.15) is 11.5 Å². The number of hydrogen-bond donors (Lipinski definition) is 3. The van der Waals surface area contributed by atoms with Crippen molar-refractivity contribution in [3.05, 3.63) is 45.7 Å². The number of aromatic hydroxyl groups is 2. The largest absolute Gasteiger partial charge is 0.508 e. The van der Waals surface area contributed by atoms with Gasteiger partial charge in [0.2, 0.25) is 0 Å². The van der Waals surface area contributed by atoms with Crippen LogP contribution < -0.4 is 5.32 Å². The van der Waals surface area contributed by atoms with Crippen molar-refractivity contribution in [2.75, 3.05) is 5.32 Å². The monoisotopic (exact) mass is 342 g/mol.